The summed E-state index contributed by atoms with van der Waals surface area (Å²) >= 11 is 0. The zero-order valence-electron chi connectivity index (χ0n) is 22.6. The predicted molar refractivity (Wildman–Crippen MR) is 152 cm³/mol. The van der Waals surface area contributed by atoms with Crippen molar-refractivity contribution in [1.82, 2.24) is 9.97 Å². The van der Waals surface area contributed by atoms with Crippen molar-refractivity contribution >= 4 is 34.4 Å². The summed E-state index contributed by atoms with van der Waals surface area (Å²) in [5.41, 5.74) is 2.21. The van der Waals surface area contributed by atoms with E-state index in [-0.39, 0.29) is 17.3 Å². The topological polar surface area (TPSA) is 114 Å². The molecule has 1 amide bonds. The predicted octanol–water partition coefficient (Wildman–Crippen LogP) is 5.78. The molecular formula is C31H31N3O6. The number of aromatic nitrogens is 2. The number of methoxy groups -OCH3 is 2. The summed E-state index contributed by atoms with van der Waals surface area (Å²) in [6, 6.07) is 18.3. The van der Waals surface area contributed by atoms with E-state index in [4.69, 9.17) is 14.2 Å². The standard InChI is InChI=1S/C31H31N3O6/c1-4-5-8-17-40-21-14-11-19(12-15-21)28(35)26-27(20-13-16-24(38-2)25(18-20)39-3)34(30(37)29(26)36)31-32-22-9-6-7-10-23(22)33-31/h6-7,9-16,18,27,35H,4-5,8,17H2,1-3H3,(H,32,33)/b28-26+. The molecule has 1 saturated heterocycles. The number of imidazole rings is 1. The van der Waals surface area contributed by atoms with Gasteiger partial charge in [-0.25, -0.2) is 4.98 Å². The Morgan fingerprint density at radius 2 is 1.73 bits per heavy atom. The number of fused-ring (bicyclic) bond motifs is 1. The van der Waals surface area contributed by atoms with Gasteiger partial charge in [-0.1, -0.05) is 38.0 Å². The molecule has 1 fully saturated rings. The van der Waals surface area contributed by atoms with Crippen LogP contribution in [0.4, 0.5) is 5.95 Å². The van der Waals surface area contributed by atoms with Crippen LogP contribution >= 0.6 is 0 Å². The van der Waals surface area contributed by atoms with Crippen molar-refractivity contribution in [3.8, 4) is 17.2 Å². The highest BCUT2D eigenvalue weighted by molar-refractivity contribution is 6.51. The molecule has 1 aliphatic rings. The number of H-pyrrole nitrogens is 1. The van der Waals surface area contributed by atoms with E-state index in [1.165, 1.54) is 19.1 Å². The summed E-state index contributed by atoms with van der Waals surface area (Å²) in [4.78, 5) is 36.0. The normalized spacial score (nSPS) is 16.5. The molecular weight excluding hydrogens is 510 g/mol. The van der Waals surface area contributed by atoms with Gasteiger partial charge in [-0.2, -0.15) is 0 Å². The van der Waals surface area contributed by atoms with Crippen molar-refractivity contribution in [2.75, 3.05) is 25.7 Å². The third kappa shape index (κ3) is 4.98. The summed E-state index contributed by atoms with van der Waals surface area (Å²) in [7, 11) is 3.03. The average molecular weight is 542 g/mol. The largest absolute Gasteiger partial charge is 0.507 e. The van der Waals surface area contributed by atoms with Crippen LogP contribution in [0.2, 0.25) is 0 Å². The van der Waals surface area contributed by atoms with Crippen LogP contribution in [-0.2, 0) is 9.59 Å². The van der Waals surface area contributed by atoms with E-state index in [1.54, 1.807) is 42.5 Å². The number of nitrogens with one attached hydrogen (secondary N) is 1. The molecule has 5 rings (SSSR count). The van der Waals surface area contributed by atoms with E-state index in [2.05, 4.69) is 16.9 Å². The first-order chi connectivity index (χ1) is 19.5. The lowest BCUT2D eigenvalue weighted by Crippen LogP contribution is -2.30. The Balaban J connectivity index is 1.60. The van der Waals surface area contributed by atoms with Gasteiger partial charge >= 0.3 is 5.91 Å². The molecule has 40 heavy (non-hydrogen) atoms. The third-order valence-electron chi connectivity index (χ3n) is 6.92. The fourth-order valence-corrected chi connectivity index (χ4v) is 4.85. The number of para-hydroxylation sites is 2. The zero-order chi connectivity index (χ0) is 28.2. The molecule has 4 aromatic rings. The number of hydrogen-bond donors (Lipinski definition) is 2. The number of carbonyl (C=O) groups excluding carboxylic acids is 2. The van der Waals surface area contributed by atoms with E-state index in [1.807, 2.05) is 24.3 Å². The molecule has 2 heterocycles. The average Bonchev–Trinajstić information content (AvgIpc) is 3.53. The van der Waals surface area contributed by atoms with Crippen LogP contribution in [0, 0.1) is 0 Å². The lowest BCUT2D eigenvalue weighted by atomic mass is 9.95. The van der Waals surface area contributed by atoms with Crippen molar-refractivity contribution < 1.29 is 28.9 Å². The number of rotatable bonds is 10. The summed E-state index contributed by atoms with van der Waals surface area (Å²) in [6.07, 6.45) is 3.14. The van der Waals surface area contributed by atoms with E-state index in [0.29, 0.717) is 46.0 Å². The van der Waals surface area contributed by atoms with Gasteiger partial charge in [0.15, 0.2) is 11.5 Å². The number of hydrogen-bond acceptors (Lipinski definition) is 7. The lowest BCUT2D eigenvalue weighted by Gasteiger charge is -2.24. The van der Waals surface area contributed by atoms with E-state index < -0.39 is 17.7 Å². The van der Waals surface area contributed by atoms with Crippen molar-refractivity contribution in [2.45, 2.75) is 32.2 Å². The van der Waals surface area contributed by atoms with E-state index >= 15 is 0 Å². The Morgan fingerprint density at radius 3 is 2.42 bits per heavy atom. The SMILES string of the molecule is CCCCCOc1ccc(/C(O)=C2\C(=O)C(=O)N(c3nc4ccccc4[nH]3)C2c2ccc(OC)c(OC)c2)cc1. The van der Waals surface area contributed by atoms with Crippen LogP contribution in [0.3, 0.4) is 0 Å². The van der Waals surface area contributed by atoms with Gasteiger partial charge in [-0.15, -0.1) is 0 Å². The molecule has 2 N–H and O–H groups in total. The number of anilines is 1. The first kappa shape index (κ1) is 26.8. The highest BCUT2D eigenvalue weighted by Gasteiger charge is 2.48. The minimum atomic E-state index is -0.981. The number of benzene rings is 3. The van der Waals surface area contributed by atoms with Crippen molar-refractivity contribution in [1.29, 1.82) is 0 Å². The Bertz CT molecular complexity index is 1540. The van der Waals surface area contributed by atoms with Crippen LogP contribution in [0.5, 0.6) is 17.2 Å². The number of amides is 1. The van der Waals surface area contributed by atoms with Gasteiger partial charge in [0.2, 0.25) is 5.95 Å². The number of aliphatic hydroxyl groups excluding tert-OH is 1. The van der Waals surface area contributed by atoms with E-state index in [9.17, 15) is 14.7 Å². The zero-order valence-corrected chi connectivity index (χ0v) is 22.6. The van der Waals surface area contributed by atoms with Crippen LogP contribution in [0.1, 0.15) is 43.4 Å². The number of ketones is 1. The molecule has 3 aromatic carbocycles. The van der Waals surface area contributed by atoms with Crippen LogP contribution in [0.25, 0.3) is 16.8 Å². The maximum Gasteiger partial charge on any atom is 0.302 e. The number of aromatic amines is 1. The van der Waals surface area contributed by atoms with Gasteiger partial charge in [-0.3, -0.25) is 14.5 Å². The summed E-state index contributed by atoms with van der Waals surface area (Å²) in [5, 5.41) is 11.5. The van der Waals surface area contributed by atoms with Crippen molar-refractivity contribution in [3.63, 3.8) is 0 Å². The summed E-state index contributed by atoms with van der Waals surface area (Å²) in [6.45, 7) is 2.73. The van der Waals surface area contributed by atoms with Gasteiger partial charge in [0.1, 0.15) is 11.5 Å². The second-order valence-electron chi connectivity index (χ2n) is 9.44. The first-order valence-corrected chi connectivity index (χ1v) is 13.2. The Hall–Kier alpha value is -4.79. The maximum atomic E-state index is 13.5. The number of Topliss-reactive ketones (excluding diaryl/α,β-unsaturated/α-hetero) is 1. The number of nitrogens with zero attached hydrogens (tertiary/aromatic N) is 2. The van der Waals surface area contributed by atoms with Crippen LogP contribution < -0.4 is 19.1 Å². The fourth-order valence-electron chi connectivity index (χ4n) is 4.85. The number of carbonyl (C=O) groups is 2. The highest BCUT2D eigenvalue weighted by atomic mass is 16.5. The molecule has 0 bridgehead atoms. The molecule has 0 aliphatic carbocycles. The fraction of sp³-hybridized carbons (Fsp3) is 0.258. The molecule has 206 valence electrons. The smallest absolute Gasteiger partial charge is 0.302 e. The van der Waals surface area contributed by atoms with Crippen molar-refractivity contribution in [3.05, 3.63) is 83.4 Å². The number of unbranched alkanes of at least 4 members (excludes halogenated alkanes) is 2. The number of ether oxygens (including phenoxy) is 3. The Morgan fingerprint density at radius 1 is 0.975 bits per heavy atom. The van der Waals surface area contributed by atoms with Crippen molar-refractivity contribution in [2.24, 2.45) is 0 Å². The van der Waals surface area contributed by atoms with Gasteiger partial charge in [-0.05, 0) is 60.5 Å². The molecule has 0 spiro atoms. The minimum Gasteiger partial charge on any atom is -0.507 e. The highest BCUT2D eigenvalue weighted by Crippen LogP contribution is 2.43. The minimum absolute atomic E-state index is 0.0608. The Kier molecular flexibility index (Phi) is 7.72. The first-order valence-electron chi connectivity index (χ1n) is 13.2. The summed E-state index contributed by atoms with van der Waals surface area (Å²) in [5.74, 6) is -0.172. The molecule has 0 saturated carbocycles. The molecule has 1 aromatic heterocycles. The molecule has 1 atom stereocenters. The lowest BCUT2D eigenvalue weighted by molar-refractivity contribution is -0.132. The van der Waals surface area contributed by atoms with E-state index in [0.717, 1.165) is 19.3 Å². The van der Waals surface area contributed by atoms with Gasteiger partial charge in [0.25, 0.3) is 5.78 Å². The molecule has 0 radical (unpaired) electrons. The second-order valence-corrected chi connectivity index (χ2v) is 9.44. The quantitative estimate of drug-likeness (QED) is 0.113. The summed E-state index contributed by atoms with van der Waals surface area (Å²) < 4.78 is 16.7. The number of aliphatic hydroxyl groups is 1. The van der Waals surface area contributed by atoms with Gasteiger partial charge in [0.05, 0.1) is 43.5 Å². The molecule has 9 nitrogen and oxygen atoms in total. The van der Waals surface area contributed by atoms with Gasteiger partial charge in [0, 0.05) is 5.56 Å². The molecule has 1 unspecified atom stereocenters. The third-order valence-corrected chi connectivity index (χ3v) is 6.92. The molecule has 9 heteroatoms. The molecule has 1 aliphatic heterocycles. The monoisotopic (exact) mass is 541 g/mol. The second kappa shape index (κ2) is 11.5. The maximum absolute atomic E-state index is 13.5. The Labute approximate surface area is 232 Å². The van der Waals surface area contributed by atoms with Gasteiger partial charge < -0.3 is 24.3 Å². The van der Waals surface area contributed by atoms with Crippen LogP contribution in [0.15, 0.2) is 72.3 Å². The van der Waals surface area contributed by atoms with Crippen LogP contribution in [-0.4, -0.2) is 47.6 Å².